The highest BCUT2D eigenvalue weighted by atomic mass is 16.5. The number of carbonyl (C=O) groups is 2. The van der Waals surface area contributed by atoms with E-state index in [0.29, 0.717) is 0 Å². The van der Waals surface area contributed by atoms with Crippen LogP contribution in [0.1, 0.15) is 31.0 Å². The third kappa shape index (κ3) is 4.06. The molecule has 5 heteroatoms. The van der Waals surface area contributed by atoms with Crippen LogP contribution in [-0.4, -0.2) is 25.5 Å². The molecule has 0 saturated heterocycles. The molecule has 1 amide bonds. The molecule has 0 aromatic heterocycles. The highest BCUT2D eigenvalue weighted by molar-refractivity contribution is 5.84. The first-order valence-electron chi connectivity index (χ1n) is 6.46. The average molecular weight is 278 g/mol. The topological polar surface area (TPSA) is 81.4 Å². The van der Waals surface area contributed by atoms with E-state index in [-0.39, 0.29) is 18.4 Å². The van der Waals surface area contributed by atoms with E-state index in [4.69, 9.17) is 5.73 Å². The van der Waals surface area contributed by atoms with E-state index in [1.165, 1.54) is 7.11 Å². The molecule has 0 radical (unpaired) electrons. The third-order valence-corrected chi connectivity index (χ3v) is 3.16. The number of rotatable bonds is 5. The number of nitrogens with two attached hydrogens (primary N) is 1. The molecule has 0 bridgehead atoms. The smallest absolute Gasteiger partial charge is 0.313 e. The molecule has 110 valence electrons. The number of aryl methyl sites for hydroxylation is 1. The molecular weight excluding hydrogens is 256 g/mol. The van der Waals surface area contributed by atoms with Crippen molar-refractivity contribution in [2.24, 2.45) is 11.1 Å². The number of methoxy groups -OCH3 is 1. The summed E-state index contributed by atoms with van der Waals surface area (Å²) in [6.07, 6.45) is 0. The Hall–Kier alpha value is -1.88. The minimum atomic E-state index is -0.780. The minimum Gasteiger partial charge on any atom is -0.469 e. The normalized spacial score (nSPS) is 12.7. The van der Waals surface area contributed by atoms with Crippen molar-refractivity contribution in [3.05, 3.63) is 35.4 Å². The van der Waals surface area contributed by atoms with Crippen molar-refractivity contribution < 1.29 is 14.3 Å². The Kier molecular flexibility index (Phi) is 5.27. The Labute approximate surface area is 119 Å². The van der Waals surface area contributed by atoms with Gasteiger partial charge in [-0.05, 0) is 26.3 Å². The van der Waals surface area contributed by atoms with E-state index in [9.17, 15) is 9.59 Å². The van der Waals surface area contributed by atoms with Crippen LogP contribution in [0.25, 0.3) is 0 Å². The summed E-state index contributed by atoms with van der Waals surface area (Å²) in [5.41, 5.74) is 6.96. The number of ether oxygens (including phenoxy) is 1. The van der Waals surface area contributed by atoms with Gasteiger partial charge in [0.2, 0.25) is 5.91 Å². The Morgan fingerprint density at radius 1 is 1.30 bits per heavy atom. The zero-order chi connectivity index (χ0) is 15.3. The number of benzene rings is 1. The van der Waals surface area contributed by atoms with E-state index < -0.39 is 11.5 Å². The van der Waals surface area contributed by atoms with Crippen LogP contribution in [-0.2, 0) is 14.3 Å². The lowest BCUT2D eigenvalue weighted by atomic mass is 9.93. The summed E-state index contributed by atoms with van der Waals surface area (Å²) in [5, 5.41) is 2.69. The van der Waals surface area contributed by atoms with Crippen LogP contribution in [0.2, 0.25) is 0 Å². The molecule has 1 unspecified atom stereocenters. The molecule has 0 fully saturated rings. The summed E-state index contributed by atoms with van der Waals surface area (Å²) in [6.45, 7) is 5.55. The highest BCUT2D eigenvalue weighted by Crippen LogP contribution is 2.16. The zero-order valence-corrected chi connectivity index (χ0v) is 12.4. The molecule has 1 aromatic rings. The molecule has 0 aliphatic heterocycles. The van der Waals surface area contributed by atoms with Gasteiger partial charge in [-0.1, -0.05) is 29.8 Å². The van der Waals surface area contributed by atoms with Crippen molar-refractivity contribution in [3.8, 4) is 0 Å². The molecule has 3 N–H and O–H groups in total. The van der Waals surface area contributed by atoms with Crippen LogP contribution in [0, 0.1) is 12.3 Å². The molecule has 20 heavy (non-hydrogen) atoms. The van der Waals surface area contributed by atoms with Gasteiger partial charge in [0, 0.05) is 6.54 Å². The van der Waals surface area contributed by atoms with Crippen LogP contribution in [0.3, 0.4) is 0 Å². The van der Waals surface area contributed by atoms with Gasteiger partial charge < -0.3 is 15.8 Å². The lowest BCUT2D eigenvalue weighted by molar-refractivity contribution is -0.150. The summed E-state index contributed by atoms with van der Waals surface area (Å²) in [4.78, 5) is 23.5. The van der Waals surface area contributed by atoms with Crippen LogP contribution in [0.5, 0.6) is 0 Å². The molecular formula is C15H22N2O3. The number of carbonyl (C=O) groups excluding carboxylic acids is 2. The number of hydrogen-bond acceptors (Lipinski definition) is 4. The van der Waals surface area contributed by atoms with Crippen molar-refractivity contribution in [1.82, 2.24) is 5.32 Å². The number of amides is 1. The Morgan fingerprint density at radius 2 is 1.85 bits per heavy atom. The Morgan fingerprint density at radius 3 is 2.35 bits per heavy atom. The molecule has 1 atom stereocenters. The molecule has 1 rings (SSSR count). The second kappa shape index (κ2) is 6.52. The van der Waals surface area contributed by atoms with Crippen molar-refractivity contribution in [2.75, 3.05) is 13.7 Å². The van der Waals surface area contributed by atoms with E-state index in [2.05, 4.69) is 10.1 Å². The maximum atomic E-state index is 12.0. The van der Waals surface area contributed by atoms with Gasteiger partial charge >= 0.3 is 5.97 Å². The monoisotopic (exact) mass is 278 g/mol. The molecule has 0 aliphatic carbocycles. The molecule has 1 aromatic carbocycles. The summed E-state index contributed by atoms with van der Waals surface area (Å²) < 4.78 is 4.68. The highest BCUT2D eigenvalue weighted by Gasteiger charge is 2.30. The second-order valence-corrected chi connectivity index (χ2v) is 5.48. The lowest BCUT2D eigenvalue weighted by Gasteiger charge is -2.23. The van der Waals surface area contributed by atoms with Gasteiger partial charge in [0.15, 0.2) is 0 Å². The van der Waals surface area contributed by atoms with Crippen molar-refractivity contribution in [2.45, 2.75) is 26.8 Å². The average Bonchev–Trinajstić information content (AvgIpc) is 2.43. The first-order valence-corrected chi connectivity index (χ1v) is 6.46. The maximum absolute atomic E-state index is 12.0. The quantitative estimate of drug-likeness (QED) is 0.796. The van der Waals surface area contributed by atoms with Gasteiger partial charge in [-0.15, -0.1) is 0 Å². The molecule has 0 spiro atoms. The second-order valence-electron chi connectivity index (χ2n) is 5.48. The maximum Gasteiger partial charge on any atom is 0.313 e. The molecule has 0 saturated carbocycles. The molecule has 0 aliphatic rings. The van der Waals surface area contributed by atoms with Crippen LogP contribution < -0.4 is 11.1 Å². The third-order valence-electron chi connectivity index (χ3n) is 3.16. The van der Waals surface area contributed by atoms with Gasteiger partial charge in [0.1, 0.15) is 6.04 Å². The predicted octanol–water partition coefficient (Wildman–Crippen LogP) is 1.31. The van der Waals surface area contributed by atoms with Crippen molar-refractivity contribution >= 4 is 11.9 Å². The van der Waals surface area contributed by atoms with Crippen LogP contribution in [0.4, 0.5) is 0 Å². The van der Waals surface area contributed by atoms with E-state index in [0.717, 1.165) is 11.1 Å². The summed E-state index contributed by atoms with van der Waals surface area (Å²) in [5.74, 6) is -0.687. The van der Waals surface area contributed by atoms with Crippen molar-refractivity contribution in [1.29, 1.82) is 0 Å². The van der Waals surface area contributed by atoms with Gasteiger partial charge in [-0.25, -0.2) is 0 Å². The number of esters is 1. The fourth-order valence-corrected chi connectivity index (χ4v) is 1.69. The van der Waals surface area contributed by atoms with Gasteiger partial charge in [-0.3, -0.25) is 9.59 Å². The standard InChI is InChI=1S/C15H22N2O3/c1-10-5-7-11(8-6-10)12(16)13(18)17-9-15(2,3)14(19)20-4/h5-8,12H,9,16H2,1-4H3,(H,17,18). The van der Waals surface area contributed by atoms with Gasteiger partial charge in [0.25, 0.3) is 0 Å². The van der Waals surface area contributed by atoms with Gasteiger partial charge in [-0.2, -0.15) is 0 Å². The van der Waals surface area contributed by atoms with E-state index in [1.54, 1.807) is 13.8 Å². The minimum absolute atomic E-state index is 0.179. The fourth-order valence-electron chi connectivity index (χ4n) is 1.69. The Balaban J connectivity index is 2.63. The predicted molar refractivity (Wildman–Crippen MR) is 76.9 cm³/mol. The largest absolute Gasteiger partial charge is 0.469 e. The SMILES string of the molecule is COC(=O)C(C)(C)CNC(=O)C(N)c1ccc(C)cc1. The van der Waals surface area contributed by atoms with Crippen molar-refractivity contribution in [3.63, 3.8) is 0 Å². The summed E-state index contributed by atoms with van der Waals surface area (Å²) >= 11 is 0. The first kappa shape index (κ1) is 16.2. The summed E-state index contributed by atoms with van der Waals surface area (Å²) in [7, 11) is 1.32. The molecule has 0 heterocycles. The zero-order valence-electron chi connectivity index (χ0n) is 12.4. The Bertz CT molecular complexity index is 480. The summed E-state index contributed by atoms with van der Waals surface area (Å²) in [6, 6.07) is 6.71. The lowest BCUT2D eigenvalue weighted by Crippen LogP contribution is -2.43. The number of hydrogen-bond donors (Lipinski definition) is 2. The molecule has 5 nitrogen and oxygen atoms in total. The van der Waals surface area contributed by atoms with E-state index in [1.807, 2.05) is 31.2 Å². The van der Waals surface area contributed by atoms with E-state index >= 15 is 0 Å². The fraction of sp³-hybridized carbons (Fsp3) is 0.467. The van der Waals surface area contributed by atoms with Crippen LogP contribution in [0.15, 0.2) is 24.3 Å². The number of nitrogens with one attached hydrogen (secondary N) is 1. The first-order chi connectivity index (χ1) is 9.27. The van der Waals surface area contributed by atoms with Crippen LogP contribution >= 0.6 is 0 Å². The van der Waals surface area contributed by atoms with Gasteiger partial charge in [0.05, 0.1) is 12.5 Å².